The van der Waals surface area contributed by atoms with Gasteiger partial charge >= 0.3 is 0 Å². The Morgan fingerprint density at radius 1 is 1.22 bits per heavy atom. The standard InChI is InChI=1S/C12H14N2O4/c1-14-12(16)10(11(15)13-14)7-4-5-8(17-2)9(6-7)18-3/h4-6,16H,1-3H3,(H,13,15). The Morgan fingerprint density at radius 2 is 1.89 bits per heavy atom. The molecule has 2 N–H and O–H groups in total. The molecule has 2 rings (SSSR count). The first-order chi connectivity index (χ1) is 8.58. The van der Waals surface area contributed by atoms with Crippen molar-refractivity contribution >= 4 is 0 Å². The van der Waals surface area contributed by atoms with Crippen molar-refractivity contribution in [1.29, 1.82) is 0 Å². The van der Waals surface area contributed by atoms with Gasteiger partial charge in [-0.1, -0.05) is 6.07 Å². The highest BCUT2D eigenvalue weighted by molar-refractivity contribution is 5.70. The summed E-state index contributed by atoms with van der Waals surface area (Å²) in [6.45, 7) is 0. The van der Waals surface area contributed by atoms with Crippen LogP contribution in [0.3, 0.4) is 0 Å². The van der Waals surface area contributed by atoms with Crippen LogP contribution in [-0.4, -0.2) is 29.1 Å². The van der Waals surface area contributed by atoms with Gasteiger partial charge in [-0.15, -0.1) is 0 Å². The van der Waals surface area contributed by atoms with Crippen LogP contribution in [0.1, 0.15) is 0 Å². The van der Waals surface area contributed by atoms with E-state index in [1.807, 2.05) is 0 Å². The third kappa shape index (κ3) is 1.81. The zero-order valence-corrected chi connectivity index (χ0v) is 10.4. The summed E-state index contributed by atoms with van der Waals surface area (Å²) in [6, 6.07) is 5.01. The number of aromatic hydroxyl groups is 1. The van der Waals surface area contributed by atoms with E-state index in [2.05, 4.69) is 5.10 Å². The SMILES string of the molecule is COc1ccc(-c2c(O)n(C)[nH]c2=O)cc1OC. The number of rotatable bonds is 3. The summed E-state index contributed by atoms with van der Waals surface area (Å²) in [5.74, 6) is 0.943. The second-order valence-electron chi connectivity index (χ2n) is 3.77. The van der Waals surface area contributed by atoms with Crippen molar-refractivity contribution in [3.63, 3.8) is 0 Å². The molecule has 0 radical (unpaired) electrons. The summed E-state index contributed by atoms with van der Waals surface area (Å²) < 4.78 is 11.5. The molecule has 0 atom stereocenters. The van der Waals surface area contributed by atoms with E-state index in [4.69, 9.17) is 9.47 Å². The van der Waals surface area contributed by atoms with Gasteiger partial charge in [0.25, 0.3) is 5.56 Å². The Labute approximate surface area is 103 Å². The van der Waals surface area contributed by atoms with Crippen molar-refractivity contribution in [2.45, 2.75) is 0 Å². The highest BCUT2D eigenvalue weighted by atomic mass is 16.5. The van der Waals surface area contributed by atoms with Crippen molar-refractivity contribution in [3.05, 3.63) is 28.6 Å². The fourth-order valence-corrected chi connectivity index (χ4v) is 1.78. The molecule has 1 aromatic carbocycles. The van der Waals surface area contributed by atoms with Gasteiger partial charge in [0, 0.05) is 7.05 Å². The maximum Gasteiger partial charge on any atom is 0.275 e. The number of benzene rings is 1. The number of ether oxygens (including phenoxy) is 2. The number of hydrogen-bond donors (Lipinski definition) is 2. The van der Waals surface area contributed by atoms with Gasteiger partial charge in [-0.05, 0) is 17.7 Å². The van der Waals surface area contributed by atoms with Crippen molar-refractivity contribution in [1.82, 2.24) is 9.78 Å². The fourth-order valence-electron chi connectivity index (χ4n) is 1.78. The molecule has 6 heteroatoms. The van der Waals surface area contributed by atoms with E-state index in [0.717, 1.165) is 0 Å². The second-order valence-corrected chi connectivity index (χ2v) is 3.77. The molecule has 6 nitrogen and oxygen atoms in total. The summed E-state index contributed by atoms with van der Waals surface area (Å²) in [6.07, 6.45) is 0. The van der Waals surface area contributed by atoms with E-state index < -0.39 is 0 Å². The van der Waals surface area contributed by atoms with E-state index in [1.165, 1.54) is 18.9 Å². The summed E-state index contributed by atoms with van der Waals surface area (Å²) >= 11 is 0. The Kier molecular flexibility index (Phi) is 3.01. The molecule has 0 aliphatic heterocycles. The van der Waals surface area contributed by atoms with Gasteiger partial charge in [0.05, 0.1) is 14.2 Å². The minimum absolute atomic E-state index is 0.118. The summed E-state index contributed by atoms with van der Waals surface area (Å²) in [5, 5.41) is 12.3. The van der Waals surface area contributed by atoms with Crippen LogP contribution in [0.25, 0.3) is 11.1 Å². The molecule has 0 aliphatic rings. The fraction of sp³-hybridized carbons (Fsp3) is 0.250. The molecule has 0 bridgehead atoms. The first-order valence-electron chi connectivity index (χ1n) is 5.28. The number of H-pyrrole nitrogens is 1. The lowest BCUT2D eigenvalue weighted by Crippen LogP contribution is -2.04. The zero-order chi connectivity index (χ0) is 13.3. The Morgan fingerprint density at radius 3 is 2.39 bits per heavy atom. The number of aromatic nitrogens is 2. The van der Waals surface area contributed by atoms with Crippen molar-refractivity contribution < 1.29 is 14.6 Å². The predicted molar refractivity (Wildman–Crippen MR) is 66.2 cm³/mol. The van der Waals surface area contributed by atoms with Crippen molar-refractivity contribution in [2.75, 3.05) is 14.2 Å². The molecule has 0 spiro atoms. The molecule has 0 aliphatic carbocycles. The van der Waals surface area contributed by atoms with Gasteiger partial charge in [-0.25, -0.2) is 0 Å². The van der Waals surface area contributed by atoms with Gasteiger partial charge in [-0.3, -0.25) is 14.6 Å². The van der Waals surface area contributed by atoms with Crippen LogP contribution in [0.15, 0.2) is 23.0 Å². The zero-order valence-electron chi connectivity index (χ0n) is 10.4. The average molecular weight is 250 g/mol. The van der Waals surface area contributed by atoms with Crippen LogP contribution >= 0.6 is 0 Å². The minimum Gasteiger partial charge on any atom is -0.493 e. The largest absolute Gasteiger partial charge is 0.493 e. The number of aromatic amines is 1. The topological polar surface area (TPSA) is 76.5 Å². The Balaban J connectivity index is 2.61. The number of aryl methyl sites for hydroxylation is 1. The first kappa shape index (κ1) is 12.1. The lowest BCUT2D eigenvalue weighted by atomic mass is 10.1. The molecular formula is C12H14N2O4. The number of hydrogen-bond acceptors (Lipinski definition) is 4. The molecule has 0 saturated heterocycles. The van der Waals surface area contributed by atoms with E-state index in [9.17, 15) is 9.90 Å². The van der Waals surface area contributed by atoms with Gasteiger partial charge < -0.3 is 14.6 Å². The normalized spacial score (nSPS) is 10.4. The van der Waals surface area contributed by atoms with Crippen LogP contribution in [0.5, 0.6) is 17.4 Å². The van der Waals surface area contributed by atoms with Gasteiger partial charge in [0.2, 0.25) is 5.88 Å². The molecule has 0 amide bonds. The lowest BCUT2D eigenvalue weighted by molar-refractivity contribution is 0.355. The lowest BCUT2D eigenvalue weighted by Gasteiger charge is -2.08. The van der Waals surface area contributed by atoms with Crippen LogP contribution in [-0.2, 0) is 7.05 Å². The van der Waals surface area contributed by atoms with Gasteiger partial charge in [-0.2, -0.15) is 0 Å². The third-order valence-electron chi connectivity index (χ3n) is 2.71. The molecule has 96 valence electrons. The van der Waals surface area contributed by atoms with E-state index in [0.29, 0.717) is 17.1 Å². The minimum atomic E-state index is -0.359. The Bertz CT molecular complexity index is 627. The van der Waals surface area contributed by atoms with E-state index in [-0.39, 0.29) is 17.0 Å². The smallest absolute Gasteiger partial charge is 0.275 e. The molecule has 1 heterocycles. The maximum atomic E-state index is 11.7. The molecule has 0 unspecified atom stereocenters. The van der Waals surface area contributed by atoms with Gasteiger partial charge in [0.15, 0.2) is 11.5 Å². The van der Waals surface area contributed by atoms with Crippen LogP contribution < -0.4 is 15.0 Å². The number of nitrogens with zero attached hydrogens (tertiary/aromatic N) is 1. The molecule has 0 fully saturated rings. The van der Waals surface area contributed by atoms with Crippen LogP contribution in [0, 0.1) is 0 Å². The molecule has 18 heavy (non-hydrogen) atoms. The summed E-state index contributed by atoms with van der Waals surface area (Å²) in [4.78, 5) is 11.7. The molecular weight excluding hydrogens is 236 g/mol. The molecule has 2 aromatic rings. The van der Waals surface area contributed by atoms with Crippen LogP contribution in [0.4, 0.5) is 0 Å². The Hall–Kier alpha value is -2.37. The first-order valence-corrected chi connectivity index (χ1v) is 5.28. The monoisotopic (exact) mass is 250 g/mol. The summed E-state index contributed by atoms with van der Waals surface area (Å²) in [5.41, 5.74) is 0.410. The molecule has 1 aromatic heterocycles. The quantitative estimate of drug-likeness (QED) is 0.855. The number of nitrogens with one attached hydrogen (secondary N) is 1. The third-order valence-corrected chi connectivity index (χ3v) is 2.71. The predicted octanol–water partition coefficient (Wildman–Crippen LogP) is 1.10. The van der Waals surface area contributed by atoms with Crippen molar-refractivity contribution in [2.24, 2.45) is 7.05 Å². The highest BCUT2D eigenvalue weighted by Crippen LogP contribution is 2.33. The average Bonchev–Trinajstić information content (AvgIpc) is 2.62. The van der Waals surface area contributed by atoms with Crippen LogP contribution in [0.2, 0.25) is 0 Å². The highest BCUT2D eigenvalue weighted by Gasteiger charge is 2.16. The van der Waals surface area contributed by atoms with E-state index in [1.54, 1.807) is 25.2 Å². The van der Waals surface area contributed by atoms with E-state index >= 15 is 0 Å². The summed E-state index contributed by atoms with van der Waals surface area (Å²) in [7, 11) is 4.60. The number of methoxy groups -OCH3 is 2. The van der Waals surface area contributed by atoms with Gasteiger partial charge in [0.1, 0.15) is 5.56 Å². The maximum absolute atomic E-state index is 11.7. The molecule has 0 saturated carbocycles. The second kappa shape index (κ2) is 4.48. The van der Waals surface area contributed by atoms with Crippen molar-refractivity contribution in [3.8, 4) is 28.5 Å².